The second kappa shape index (κ2) is 9.66. The van der Waals surface area contributed by atoms with Crippen LogP contribution < -0.4 is 14.8 Å². The third-order valence-corrected chi connectivity index (χ3v) is 6.23. The van der Waals surface area contributed by atoms with Gasteiger partial charge in [-0.25, -0.2) is 8.42 Å². The van der Waals surface area contributed by atoms with Gasteiger partial charge in [-0.1, -0.05) is 43.3 Å². The van der Waals surface area contributed by atoms with Gasteiger partial charge < -0.3 is 10.1 Å². The summed E-state index contributed by atoms with van der Waals surface area (Å²) >= 11 is 0. The number of aryl methyl sites for hydroxylation is 2. The Morgan fingerprint density at radius 2 is 1.52 bits per heavy atom. The Kier molecular flexibility index (Phi) is 6.97. The zero-order chi connectivity index (χ0) is 22.4. The van der Waals surface area contributed by atoms with Gasteiger partial charge in [0.25, 0.3) is 15.9 Å². The van der Waals surface area contributed by atoms with E-state index in [1.807, 2.05) is 57.2 Å². The van der Waals surface area contributed by atoms with E-state index >= 15 is 0 Å². The van der Waals surface area contributed by atoms with Gasteiger partial charge in [0.05, 0.1) is 10.6 Å². The van der Waals surface area contributed by atoms with E-state index in [9.17, 15) is 13.2 Å². The quantitative estimate of drug-likeness (QED) is 0.524. The molecule has 3 aromatic carbocycles. The molecule has 6 nitrogen and oxygen atoms in total. The summed E-state index contributed by atoms with van der Waals surface area (Å²) in [4.78, 5) is 12.8. The van der Waals surface area contributed by atoms with Crippen LogP contribution in [0.25, 0.3) is 0 Å². The average molecular weight is 439 g/mol. The lowest BCUT2D eigenvalue weighted by atomic mass is 10.2. The number of carbonyl (C=O) groups is 1. The summed E-state index contributed by atoms with van der Waals surface area (Å²) < 4.78 is 33.8. The molecule has 0 saturated carbocycles. The minimum absolute atomic E-state index is 0.108. The van der Waals surface area contributed by atoms with Gasteiger partial charge in [-0.2, -0.15) is 0 Å². The molecule has 0 aromatic heterocycles. The molecule has 31 heavy (non-hydrogen) atoms. The van der Waals surface area contributed by atoms with Crippen LogP contribution in [0.2, 0.25) is 0 Å². The zero-order valence-corrected chi connectivity index (χ0v) is 18.6. The van der Waals surface area contributed by atoms with Gasteiger partial charge in [-0.3, -0.25) is 9.52 Å². The topological polar surface area (TPSA) is 84.5 Å². The lowest BCUT2D eigenvalue weighted by molar-refractivity contribution is -0.122. The number of benzene rings is 3. The summed E-state index contributed by atoms with van der Waals surface area (Å²) in [7, 11) is -3.73. The molecule has 2 N–H and O–H groups in total. The fourth-order valence-corrected chi connectivity index (χ4v) is 4.13. The predicted molar refractivity (Wildman–Crippen MR) is 123 cm³/mol. The largest absolute Gasteiger partial charge is 0.480 e. The zero-order valence-electron chi connectivity index (χ0n) is 17.8. The number of ether oxygens (including phenoxy) is 1. The Hall–Kier alpha value is -3.32. The predicted octanol–water partition coefficient (Wildman–Crippen LogP) is 4.90. The molecular weight excluding hydrogens is 412 g/mol. The molecule has 0 spiro atoms. The number of amides is 1. The maximum absolute atomic E-state index is 12.7. The summed E-state index contributed by atoms with van der Waals surface area (Å²) in [5.74, 6) is 0.368. The number of nitrogens with one attached hydrogen (secondary N) is 2. The highest BCUT2D eigenvalue weighted by molar-refractivity contribution is 7.92. The summed E-state index contributed by atoms with van der Waals surface area (Å²) in [6.45, 7) is 5.62. The van der Waals surface area contributed by atoms with E-state index in [1.54, 1.807) is 24.3 Å². The van der Waals surface area contributed by atoms with Gasteiger partial charge >= 0.3 is 0 Å². The summed E-state index contributed by atoms with van der Waals surface area (Å²) in [6.07, 6.45) is -0.167. The minimum Gasteiger partial charge on any atom is -0.480 e. The van der Waals surface area contributed by atoms with Gasteiger partial charge in [-0.05, 0) is 67.8 Å². The number of rotatable bonds is 8. The second-order valence-electron chi connectivity index (χ2n) is 7.21. The van der Waals surface area contributed by atoms with E-state index in [1.165, 1.54) is 12.1 Å². The van der Waals surface area contributed by atoms with Crippen molar-refractivity contribution >= 4 is 27.3 Å². The molecule has 0 fully saturated rings. The average Bonchev–Trinajstić information content (AvgIpc) is 2.75. The highest BCUT2D eigenvalue weighted by Crippen LogP contribution is 2.22. The molecule has 3 rings (SSSR count). The van der Waals surface area contributed by atoms with E-state index in [-0.39, 0.29) is 10.8 Å². The Bertz CT molecular complexity index is 1160. The molecular formula is C24H26N2O4S. The molecule has 1 atom stereocenters. The van der Waals surface area contributed by atoms with Crippen molar-refractivity contribution in [1.82, 2.24) is 0 Å². The maximum atomic E-state index is 12.7. The molecule has 1 amide bonds. The van der Waals surface area contributed by atoms with Crippen LogP contribution in [0.1, 0.15) is 24.5 Å². The van der Waals surface area contributed by atoms with Gasteiger partial charge in [-0.15, -0.1) is 0 Å². The molecule has 7 heteroatoms. The fraction of sp³-hybridized carbons (Fsp3) is 0.208. The number of sulfonamides is 1. The number of carbonyl (C=O) groups excluding carboxylic acids is 1. The Morgan fingerprint density at radius 3 is 2.13 bits per heavy atom. The van der Waals surface area contributed by atoms with Gasteiger partial charge in [0.2, 0.25) is 0 Å². The molecule has 0 saturated heterocycles. The van der Waals surface area contributed by atoms with Crippen molar-refractivity contribution in [2.45, 2.75) is 38.2 Å². The normalized spacial score (nSPS) is 12.1. The maximum Gasteiger partial charge on any atom is 0.265 e. The van der Waals surface area contributed by atoms with Crippen molar-refractivity contribution in [2.75, 3.05) is 10.0 Å². The lowest BCUT2D eigenvalue weighted by Crippen LogP contribution is -2.32. The van der Waals surface area contributed by atoms with E-state index in [0.29, 0.717) is 23.5 Å². The summed E-state index contributed by atoms with van der Waals surface area (Å²) in [5.41, 5.74) is 2.80. The van der Waals surface area contributed by atoms with Crippen molar-refractivity contribution < 1.29 is 17.9 Å². The molecule has 0 unspecified atom stereocenters. The fourth-order valence-electron chi connectivity index (χ4n) is 3.00. The SMILES string of the molecule is CC[C@H](Oc1ccccc1C)C(=O)Nc1ccc(S(=O)(=O)Nc2ccccc2C)cc1. The van der Waals surface area contributed by atoms with Crippen LogP contribution in [0, 0.1) is 13.8 Å². The number of para-hydroxylation sites is 2. The second-order valence-corrected chi connectivity index (χ2v) is 8.90. The van der Waals surface area contributed by atoms with E-state index in [2.05, 4.69) is 10.0 Å². The summed E-state index contributed by atoms with van der Waals surface area (Å²) in [6, 6.07) is 20.7. The van der Waals surface area contributed by atoms with Crippen LogP contribution in [-0.4, -0.2) is 20.4 Å². The Morgan fingerprint density at radius 1 is 0.903 bits per heavy atom. The number of hydrogen-bond donors (Lipinski definition) is 2. The smallest absolute Gasteiger partial charge is 0.265 e. The molecule has 0 heterocycles. The Labute approximate surface area is 183 Å². The van der Waals surface area contributed by atoms with E-state index < -0.39 is 16.1 Å². The minimum atomic E-state index is -3.73. The third kappa shape index (κ3) is 5.64. The Balaban J connectivity index is 1.68. The third-order valence-electron chi connectivity index (χ3n) is 4.85. The first kappa shape index (κ1) is 22.4. The first-order valence-corrected chi connectivity index (χ1v) is 11.5. The lowest BCUT2D eigenvalue weighted by Gasteiger charge is -2.18. The first-order chi connectivity index (χ1) is 14.8. The monoisotopic (exact) mass is 438 g/mol. The number of anilines is 2. The molecule has 162 valence electrons. The molecule has 0 bridgehead atoms. The van der Waals surface area contributed by atoms with E-state index in [4.69, 9.17) is 4.74 Å². The van der Waals surface area contributed by atoms with Crippen molar-refractivity contribution in [3.05, 3.63) is 83.9 Å². The van der Waals surface area contributed by atoms with Crippen LogP contribution in [0.3, 0.4) is 0 Å². The van der Waals surface area contributed by atoms with Crippen molar-refractivity contribution in [3.8, 4) is 5.75 Å². The van der Waals surface area contributed by atoms with Crippen LogP contribution in [0.5, 0.6) is 5.75 Å². The van der Waals surface area contributed by atoms with Gasteiger partial charge in [0.15, 0.2) is 6.10 Å². The van der Waals surface area contributed by atoms with Crippen LogP contribution in [0.4, 0.5) is 11.4 Å². The van der Waals surface area contributed by atoms with Crippen LogP contribution in [-0.2, 0) is 14.8 Å². The van der Waals surface area contributed by atoms with Gasteiger partial charge in [0.1, 0.15) is 5.75 Å². The molecule has 0 aliphatic rings. The molecule has 3 aromatic rings. The standard InChI is InChI=1S/C24H26N2O4S/c1-4-22(30-23-12-8-6-10-18(23)3)24(27)25-19-13-15-20(16-14-19)31(28,29)26-21-11-7-5-9-17(21)2/h5-16,22,26H,4H2,1-3H3,(H,25,27)/t22-/m0/s1. The van der Waals surface area contributed by atoms with E-state index in [0.717, 1.165) is 11.1 Å². The van der Waals surface area contributed by atoms with Crippen molar-refractivity contribution in [2.24, 2.45) is 0 Å². The molecule has 0 aliphatic heterocycles. The van der Waals surface area contributed by atoms with Crippen molar-refractivity contribution in [1.29, 1.82) is 0 Å². The number of hydrogen-bond acceptors (Lipinski definition) is 4. The highest BCUT2D eigenvalue weighted by atomic mass is 32.2. The van der Waals surface area contributed by atoms with Crippen LogP contribution >= 0.6 is 0 Å². The summed E-state index contributed by atoms with van der Waals surface area (Å²) in [5, 5.41) is 2.79. The molecule has 0 aliphatic carbocycles. The highest BCUT2D eigenvalue weighted by Gasteiger charge is 2.20. The molecule has 0 radical (unpaired) electrons. The van der Waals surface area contributed by atoms with Crippen LogP contribution in [0.15, 0.2) is 77.7 Å². The van der Waals surface area contributed by atoms with Crippen molar-refractivity contribution in [3.63, 3.8) is 0 Å². The van der Waals surface area contributed by atoms with Gasteiger partial charge in [0, 0.05) is 5.69 Å². The first-order valence-electron chi connectivity index (χ1n) is 10.0.